The van der Waals surface area contributed by atoms with Gasteiger partial charge in [0.2, 0.25) is 0 Å². The number of aromatic hydroxyl groups is 1. The van der Waals surface area contributed by atoms with Gasteiger partial charge in [-0.05, 0) is 34.7 Å². The first-order chi connectivity index (χ1) is 11.3. The number of benzene rings is 3. The zero-order valence-corrected chi connectivity index (χ0v) is 12.9. The second-order valence-corrected chi connectivity index (χ2v) is 5.40. The Labute approximate surface area is 136 Å². The minimum Gasteiger partial charge on any atom is -0.508 e. The molecule has 0 saturated heterocycles. The summed E-state index contributed by atoms with van der Waals surface area (Å²) in [5, 5.41) is 9.71. The maximum atomic E-state index is 9.71. The Morgan fingerprint density at radius 3 is 2.13 bits per heavy atom. The summed E-state index contributed by atoms with van der Waals surface area (Å²) in [6, 6.07) is 26.1. The monoisotopic (exact) mass is 301 g/mol. The molecule has 3 rings (SSSR count). The Morgan fingerprint density at radius 1 is 0.739 bits per heavy atom. The van der Waals surface area contributed by atoms with Crippen molar-refractivity contribution in [2.45, 2.75) is 6.42 Å². The van der Waals surface area contributed by atoms with Crippen LogP contribution in [-0.2, 0) is 6.42 Å². The van der Waals surface area contributed by atoms with Gasteiger partial charge >= 0.3 is 0 Å². The van der Waals surface area contributed by atoms with E-state index >= 15 is 0 Å². The third kappa shape index (κ3) is 4.07. The van der Waals surface area contributed by atoms with E-state index in [-0.39, 0.29) is 0 Å². The van der Waals surface area contributed by atoms with E-state index in [4.69, 9.17) is 0 Å². The Hall–Kier alpha value is -2.87. The van der Waals surface area contributed by atoms with Crippen LogP contribution in [0.4, 0.5) is 0 Å². The van der Waals surface area contributed by atoms with E-state index in [9.17, 15) is 5.11 Å². The van der Waals surface area contributed by atoms with Crippen molar-refractivity contribution in [3.8, 4) is 16.9 Å². The van der Waals surface area contributed by atoms with Gasteiger partial charge in [0.15, 0.2) is 0 Å². The second-order valence-electron chi connectivity index (χ2n) is 5.40. The second kappa shape index (κ2) is 7.41. The minimum absolute atomic E-state index is 0.343. The van der Waals surface area contributed by atoms with E-state index < -0.39 is 0 Å². The van der Waals surface area contributed by atoms with Crippen LogP contribution in [0.15, 0.2) is 83.9 Å². The van der Waals surface area contributed by atoms with E-state index in [0.29, 0.717) is 12.3 Å². The van der Waals surface area contributed by atoms with Crippen LogP contribution in [-0.4, -0.2) is 17.9 Å². The molecule has 3 aromatic rings. The van der Waals surface area contributed by atoms with Gasteiger partial charge in [-0.3, -0.25) is 4.99 Å². The maximum absolute atomic E-state index is 9.71. The standard InChI is InChI=1S/C21H19NO/c23-21-9-5-4-8-20(21)14-15-22-16-17-10-12-19(13-11-17)18-6-2-1-3-7-18/h1-13,16,23H,14-15H2. The number of rotatable bonds is 5. The van der Waals surface area contributed by atoms with Crippen molar-refractivity contribution in [2.75, 3.05) is 6.54 Å². The molecule has 0 spiro atoms. The van der Waals surface area contributed by atoms with Crippen LogP contribution >= 0.6 is 0 Å². The van der Waals surface area contributed by atoms with E-state index in [2.05, 4.69) is 41.4 Å². The van der Waals surface area contributed by atoms with Crippen molar-refractivity contribution >= 4 is 6.21 Å². The summed E-state index contributed by atoms with van der Waals surface area (Å²) >= 11 is 0. The number of aliphatic imine (C=N–C) groups is 1. The molecule has 2 heteroatoms. The smallest absolute Gasteiger partial charge is 0.118 e. The summed E-state index contributed by atoms with van der Waals surface area (Å²) in [5.41, 5.74) is 4.44. The van der Waals surface area contributed by atoms with Crippen molar-refractivity contribution in [1.29, 1.82) is 0 Å². The first-order valence-corrected chi connectivity index (χ1v) is 7.75. The van der Waals surface area contributed by atoms with Crippen LogP contribution in [0.1, 0.15) is 11.1 Å². The summed E-state index contributed by atoms with van der Waals surface area (Å²) in [6.07, 6.45) is 2.63. The number of nitrogens with zero attached hydrogens (tertiary/aromatic N) is 1. The zero-order valence-electron chi connectivity index (χ0n) is 12.9. The van der Waals surface area contributed by atoms with Gasteiger partial charge in [-0.15, -0.1) is 0 Å². The number of phenolic OH excluding ortho intramolecular Hbond substituents is 1. The van der Waals surface area contributed by atoms with Crippen LogP contribution in [0.3, 0.4) is 0 Å². The highest BCUT2D eigenvalue weighted by atomic mass is 16.3. The molecule has 0 aromatic heterocycles. The average molecular weight is 301 g/mol. The lowest BCUT2D eigenvalue weighted by Crippen LogP contribution is -1.91. The lowest BCUT2D eigenvalue weighted by atomic mass is 10.0. The number of phenols is 1. The molecule has 114 valence electrons. The van der Waals surface area contributed by atoms with E-state index in [0.717, 1.165) is 17.5 Å². The van der Waals surface area contributed by atoms with Crippen molar-refractivity contribution in [3.63, 3.8) is 0 Å². The summed E-state index contributed by atoms with van der Waals surface area (Å²) in [6.45, 7) is 0.665. The van der Waals surface area contributed by atoms with Crippen LogP contribution in [0.25, 0.3) is 11.1 Å². The molecule has 0 atom stereocenters. The molecule has 1 N–H and O–H groups in total. The van der Waals surface area contributed by atoms with Crippen LogP contribution in [0, 0.1) is 0 Å². The summed E-state index contributed by atoms with van der Waals surface area (Å²) in [4.78, 5) is 4.44. The molecule has 0 amide bonds. The van der Waals surface area contributed by atoms with Crippen LogP contribution in [0.2, 0.25) is 0 Å². The van der Waals surface area contributed by atoms with E-state index in [1.807, 2.05) is 42.6 Å². The SMILES string of the molecule is Oc1ccccc1CCN=Cc1ccc(-c2ccccc2)cc1. The normalized spacial score (nSPS) is 11.0. The van der Waals surface area contributed by atoms with Crippen molar-refractivity contribution < 1.29 is 5.11 Å². The fraction of sp³-hybridized carbons (Fsp3) is 0.0952. The van der Waals surface area contributed by atoms with E-state index in [1.165, 1.54) is 11.1 Å². The summed E-state index contributed by atoms with van der Waals surface area (Å²) < 4.78 is 0. The largest absolute Gasteiger partial charge is 0.508 e. The van der Waals surface area contributed by atoms with Gasteiger partial charge in [0.05, 0.1) is 0 Å². The molecule has 0 saturated carbocycles. The molecular weight excluding hydrogens is 282 g/mol. The van der Waals surface area contributed by atoms with Crippen LogP contribution < -0.4 is 0 Å². The fourth-order valence-electron chi connectivity index (χ4n) is 2.47. The molecule has 3 aromatic carbocycles. The molecule has 0 fully saturated rings. The number of para-hydroxylation sites is 1. The van der Waals surface area contributed by atoms with Gasteiger partial charge in [-0.25, -0.2) is 0 Å². The molecule has 0 radical (unpaired) electrons. The first kappa shape index (κ1) is 15.0. The predicted molar refractivity (Wildman–Crippen MR) is 96.1 cm³/mol. The molecule has 0 heterocycles. The zero-order chi connectivity index (χ0) is 15.9. The third-order valence-electron chi connectivity index (χ3n) is 3.76. The maximum Gasteiger partial charge on any atom is 0.118 e. The Balaban J connectivity index is 1.59. The molecule has 0 aliphatic carbocycles. The van der Waals surface area contributed by atoms with Gasteiger partial charge in [0.1, 0.15) is 5.75 Å². The molecule has 0 unspecified atom stereocenters. The molecule has 0 aliphatic rings. The van der Waals surface area contributed by atoms with Gasteiger partial charge < -0.3 is 5.11 Å². The minimum atomic E-state index is 0.343. The third-order valence-corrected chi connectivity index (χ3v) is 3.76. The van der Waals surface area contributed by atoms with Crippen molar-refractivity contribution in [1.82, 2.24) is 0 Å². The molecule has 0 bridgehead atoms. The Bertz CT molecular complexity index is 776. The van der Waals surface area contributed by atoms with Crippen LogP contribution in [0.5, 0.6) is 5.75 Å². The highest BCUT2D eigenvalue weighted by molar-refractivity contribution is 5.81. The Morgan fingerprint density at radius 2 is 1.39 bits per heavy atom. The lowest BCUT2D eigenvalue weighted by molar-refractivity contribution is 0.468. The quantitative estimate of drug-likeness (QED) is 0.679. The van der Waals surface area contributed by atoms with E-state index in [1.54, 1.807) is 6.07 Å². The van der Waals surface area contributed by atoms with Crippen molar-refractivity contribution in [3.05, 3.63) is 90.0 Å². The van der Waals surface area contributed by atoms with Gasteiger partial charge in [-0.2, -0.15) is 0 Å². The van der Waals surface area contributed by atoms with Gasteiger partial charge in [-0.1, -0.05) is 72.8 Å². The molecular formula is C21H19NO. The van der Waals surface area contributed by atoms with Gasteiger partial charge in [0, 0.05) is 12.8 Å². The average Bonchev–Trinajstić information content (AvgIpc) is 2.61. The topological polar surface area (TPSA) is 32.6 Å². The first-order valence-electron chi connectivity index (χ1n) is 7.75. The predicted octanol–water partition coefficient (Wildman–Crippen LogP) is 4.72. The summed E-state index contributed by atoms with van der Waals surface area (Å²) in [5.74, 6) is 0.343. The molecule has 23 heavy (non-hydrogen) atoms. The van der Waals surface area contributed by atoms with Gasteiger partial charge in [0.25, 0.3) is 0 Å². The highest BCUT2D eigenvalue weighted by Gasteiger charge is 1.98. The number of hydrogen-bond donors (Lipinski definition) is 1. The highest BCUT2D eigenvalue weighted by Crippen LogP contribution is 2.19. The summed E-state index contributed by atoms with van der Waals surface area (Å²) in [7, 11) is 0. The molecule has 2 nitrogen and oxygen atoms in total. The number of hydrogen-bond acceptors (Lipinski definition) is 2. The Kier molecular flexibility index (Phi) is 4.85. The molecule has 0 aliphatic heterocycles. The van der Waals surface area contributed by atoms with Crippen molar-refractivity contribution in [2.24, 2.45) is 4.99 Å². The fourth-order valence-corrected chi connectivity index (χ4v) is 2.47. The lowest BCUT2D eigenvalue weighted by Gasteiger charge is -2.02.